The summed E-state index contributed by atoms with van der Waals surface area (Å²) < 4.78 is 5.84. The van der Waals surface area contributed by atoms with Crippen LogP contribution in [-0.4, -0.2) is 10.9 Å². The first-order valence-corrected chi connectivity index (χ1v) is 9.21. The molecule has 1 amide bonds. The van der Waals surface area contributed by atoms with Crippen molar-refractivity contribution in [1.82, 2.24) is 4.98 Å². The van der Waals surface area contributed by atoms with E-state index in [0.717, 1.165) is 35.4 Å². The first-order chi connectivity index (χ1) is 13.1. The molecule has 4 nitrogen and oxygen atoms in total. The molecular formula is C22H19ClN2O2. The number of nitrogens with zero attached hydrogens (tertiary/aromatic N) is 1. The lowest BCUT2D eigenvalue weighted by molar-refractivity contribution is -0.118. The Morgan fingerprint density at radius 2 is 2.00 bits per heavy atom. The van der Waals surface area contributed by atoms with Gasteiger partial charge in [0.15, 0.2) is 0 Å². The number of halogens is 1. The monoisotopic (exact) mass is 378 g/mol. The molecule has 3 aromatic rings. The van der Waals surface area contributed by atoms with E-state index in [0.29, 0.717) is 10.8 Å². The lowest BCUT2D eigenvalue weighted by atomic mass is 9.95. The molecule has 1 N–H and O–H groups in total. The first kappa shape index (κ1) is 17.6. The van der Waals surface area contributed by atoms with Crippen molar-refractivity contribution in [3.05, 3.63) is 83.1 Å². The van der Waals surface area contributed by atoms with Crippen LogP contribution in [0.5, 0.6) is 11.5 Å². The van der Waals surface area contributed by atoms with Crippen molar-refractivity contribution in [2.24, 2.45) is 0 Å². The summed E-state index contributed by atoms with van der Waals surface area (Å²) in [7, 11) is 0. The van der Waals surface area contributed by atoms with Crippen molar-refractivity contribution in [3.63, 3.8) is 0 Å². The fourth-order valence-electron chi connectivity index (χ4n) is 3.18. The zero-order chi connectivity index (χ0) is 18.9. The Kier molecular flexibility index (Phi) is 4.58. The molecule has 1 aromatic heterocycles. The van der Waals surface area contributed by atoms with E-state index in [2.05, 4.69) is 10.3 Å². The van der Waals surface area contributed by atoms with Crippen molar-refractivity contribution < 1.29 is 9.53 Å². The number of nitrogens with one attached hydrogen (secondary N) is 1. The average Bonchev–Trinajstić information content (AvgIpc) is 3.47. The normalized spacial score (nSPS) is 14.4. The highest BCUT2D eigenvalue weighted by Gasteiger charge is 2.51. The second kappa shape index (κ2) is 7.05. The number of carbonyl (C=O) groups excluding carboxylic acids is 1. The van der Waals surface area contributed by atoms with E-state index in [-0.39, 0.29) is 5.91 Å². The summed E-state index contributed by atoms with van der Waals surface area (Å²) in [4.78, 5) is 16.9. The van der Waals surface area contributed by atoms with Crippen molar-refractivity contribution >= 4 is 23.2 Å². The minimum absolute atomic E-state index is 0.00472. The number of hydrogen-bond acceptors (Lipinski definition) is 3. The molecule has 5 heteroatoms. The van der Waals surface area contributed by atoms with E-state index in [1.54, 1.807) is 12.4 Å². The van der Waals surface area contributed by atoms with E-state index in [9.17, 15) is 4.79 Å². The van der Waals surface area contributed by atoms with Gasteiger partial charge >= 0.3 is 0 Å². The van der Waals surface area contributed by atoms with E-state index in [1.165, 1.54) is 0 Å². The van der Waals surface area contributed by atoms with Crippen LogP contribution in [0.2, 0.25) is 5.02 Å². The highest BCUT2D eigenvalue weighted by atomic mass is 35.5. The molecule has 4 rings (SSSR count). The zero-order valence-corrected chi connectivity index (χ0v) is 15.7. The fourth-order valence-corrected chi connectivity index (χ4v) is 3.38. The van der Waals surface area contributed by atoms with Crippen LogP contribution in [0.15, 0.2) is 67.0 Å². The van der Waals surface area contributed by atoms with Crippen molar-refractivity contribution in [1.29, 1.82) is 0 Å². The van der Waals surface area contributed by atoms with Gasteiger partial charge in [-0.3, -0.25) is 9.78 Å². The van der Waals surface area contributed by atoms with Gasteiger partial charge in [0.1, 0.15) is 11.5 Å². The number of benzene rings is 2. The lowest BCUT2D eigenvalue weighted by Gasteiger charge is -2.17. The number of aromatic nitrogens is 1. The summed E-state index contributed by atoms with van der Waals surface area (Å²) in [6, 6.07) is 16.9. The Bertz CT molecular complexity index is 985. The second-order valence-electron chi connectivity index (χ2n) is 6.82. The maximum absolute atomic E-state index is 12.9. The Hall–Kier alpha value is -2.85. The molecule has 1 fully saturated rings. The van der Waals surface area contributed by atoms with Gasteiger partial charge in [0.05, 0.1) is 11.6 Å². The third-order valence-electron chi connectivity index (χ3n) is 4.86. The van der Waals surface area contributed by atoms with Crippen LogP contribution in [0.25, 0.3) is 0 Å². The third-order valence-corrected chi connectivity index (χ3v) is 5.09. The quantitative estimate of drug-likeness (QED) is 0.637. The second-order valence-corrected chi connectivity index (χ2v) is 7.25. The standard InChI is InChI=1S/C22H19ClN2O2/c1-15-12-18(7-8-20(15)27-19-6-3-11-24-14-19)25-21(26)22(9-10-22)16-4-2-5-17(23)13-16/h2-8,11-14H,9-10H2,1H3,(H,25,26). The molecule has 136 valence electrons. The van der Waals surface area contributed by atoms with Crippen molar-refractivity contribution in [3.8, 4) is 11.5 Å². The number of carbonyl (C=O) groups is 1. The van der Waals surface area contributed by atoms with Gasteiger partial charge in [-0.25, -0.2) is 0 Å². The van der Waals surface area contributed by atoms with E-state index in [4.69, 9.17) is 16.3 Å². The van der Waals surface area contributed by atoms with Gasteiger partial charge in [0.25, 0.3) is 0 Å². The minimum Gasteiger partial charge on any atom is -0.455 e. The Morgan fingerprint density at radius 3 is 2.67 bits per heavy atom. The average molecular weight is 379 g/mol. The molecule has 0 bridgehead atoms. The molecule has 2 aromatic carbocycles. The minimum atomic E-state index is -0.469. The van der Waals surface area contributed by atoms with Crippen LogP contribution in [0.3, 0.4) is 0 Å². The summed E-state index contributed by atoms with van der Waals surface area (Å²) in [6.07, 6.45) is 5.03. The van der Waals surface area contributed by atoms with Gasteiger partial charge in [0.2, 0.25) is 5.91 Å². The SMILES string of the molecule is Cc1cc(NC(=O)C2(c3cccc(Cl)c3)CC2)ccc1Oc1cccnc1. The molecule has 0 aliphatic heterocycles. The summed E-state index contributed by atoms with van der Waals surface area (Å²) in [6.45, 7) is 1.95. The third kappa shape index (κ3) is 3.67. The molecule has 1 heterocycles. The number of anilines is 1. The molecule has 0 radical (unpaired) electrons. The first-order valence-electron chi connectivity index (χ1n) is 8.83. The number of ether oxygens (including phenoxy) is 1. The summed E-state index contributed by atoms with van der Waals surface area (Å²) in [5.41, 5.74) is 2.19. The molecule has 0 atom stereocenters. The molecule has 1 saturated carbocycles. The van der Waals surface area contributed by atoms with Crippen LogP contribution in [0.4, 0.5) is 5.69 Å². The molecule has 1 aliphatic rings. The van der Waals surface area contributed by atoms with E-state index in [1.807, 2.05) is 61.5 Å². The number of amides is 1. The van der Waals surface area contributed by atoms with Crippen molar-refractivity contribution in [2.75, 3.05) is 5.32 Å². The van der Waals surface area contributed by atoms with Gasteiger partial charge in [-0.15, -0.1) is 0 Å². The molecule has 0 saturated heterocycles. The highest BCUT2D eigenvalue weighted by molar-refractivity contribution is 6.30. The number of rotatable bonds is 5. The molecule has 1 aliphatic carbocycles. The van der Waals surface area contributed by atoms with Crippen LogP contribution in [0, 0.1) is 6.92 Å². The van der Waals surface area contributed by atoms with Crippen LogP contribution < -0.4 is 10.1 Å². The molecule has 0 unspecified atom stereocenters. The van der Waals surface area contributed by atoms with Crippen LogP contribution >= 0.6 is 11.6 Å². The van der Waals surface area contributed by atoms with Crippen molar-refractivity contribution in [2.45, 2.75) is 25.2 Å². The maximum atomic E-state index is 12.9. The summed E-state index contributed by atoms with van der Waals surface area (Å²) >= 11 is 6.10. The van der Waals surface area contributed by atoms with E-state index >= 15 is 0 Å². The summed E-state index contributed by atoms with van der Waals surface area (Å²) in [5.74, 6) is 1.41. The predicted molar refractivity (Wildman–Crippen MR) is 106 cm³/mol. The lowest BCUT2D eigenvalue weighted by Crippen LogP contribution is -2.27. The summed E-state index contributed by atoms with van der Waals surface area (Å²) in [5, 5.41) is 3.70. The van der Waals surface area contributed by atoms with Gasteiger partial charge in [-0.1, -0.05) is 23.7 Å². The van der Waals surface area contributed by atoms with Gasteiger partial charge < -0.3 is 10.1 Å². The topological polar surface area (TPSA) is 51.2 Å². The van der Waals surface area contributed by atoms with Gasteiger partial charge in [-0.2, -0.15) is 0 Å². The van der Waals surface area contributed by atoms with Gasteiger partial charge in [-0.05, 0) is 73.4 Å². The molecular weight excluding hydrogens is 360 g/mol. The number of pyridine rings is 1. The van der Waals surface area contributed by atoms with Gasteiger partial charge in [0, 0.05) is 16.9 Å². The van der Waals surface area contributed by atoms with Crippen LogP contribution in [-0.2, 0) is 10.2 Å². The highest BCUT2D eigenvalue weighted by Crippen LogP contribution is 2.49. The number of aryl methyl sites for hydroxylation is 1. The van der Waals surface area contributed by atoms with Crippen LogP contribution in [0.1, 0.15) is 24.0 Å². The Morgan fingerprint density at radius 1 is 1.15 bits per heavy atom. The zero-order valence-electron chi connectivity index (χ0n) is 14.9. The Balaban J connectivity index is 1.50. The van der Waals surface area contributed by atoms with E-state index < -0.39 is 5.41 Å². The fraction of sp³-hybridized carbons (Fsp3) is 0.182. The number of hydrogen-bond donors (Lipinski definition) is 1. The molecule has 0 spiro atoms. The smallest absolute Gasteiger partial charge is 0.235 e. The molecule has 27 heavy (non-hydrogen) atoms. The largest absolute Gasteiger partial charge is 0.455 e. The maximum Gasteiger partial charge on any atom is 0.235 e. The Labute approximate surface area is 163 Å². The predicted octanol–water partition coefficient (Wildman–Crippen LogP) is 5.51.